The summed E-state index contributed by atoms with van der Waals surface area (Å²) < 4.78 is 24.8. The quantitative estimate of drug-likeness (QED) is 0.514. The first-order chi connectivity index (χ1) is 13.1. The van der Waals surface area contributed by atoms with Crippen LogP contribution in [0, 0.1) is 6.92 Å². The maximum absolute atomic E-state index is 13.5. The van der Waals surface area contributed by atoms with E-state index in [1.165, 1.54) is 0 Å². The molecular weight excluding hydrogens is 359 g/mol. The third-order valence-electron chi connectivity index (χ3n) is 4.18. The minimum atomic E-state index is -3.82. The third kappa shape index (κ3) is 5.38. The number of benzene rings is 3. The highest BCUT2D eigenvalue weighted by Crippen LogP contribution is 2.60. The van der Waals surface area contributed by atoms with Gasteiger partial charge in [0.2, 0.25) is 0 Å². The molecule has 5 heteroatoms. The summed E-state index contributed by atoms with van der Waals surface area (Å²) in [5.41, 5.74) is 3.27. The van der Waals surface area contributed by atoms with Crippen LogP contribution in [-0.2, 0) is 26.8 Å². The van der Waals surface area contributed by atoms with E-state index in [4.69, 9.17) is 9.05 Å². The molecule has 0 aliphatic heterocycles. The molecule has 0 fully saturated rings. The largest absolute Gasteiger partial charge is 0.376 e. The highest BCUT2D eigenvalue weighted by Gasteiger charge is 2.36. The zero-order valence-corrected chi connectivity index (χ0v) is 16.1. The molecule has 0 aromatic heterocycles. The van der Waals surface area contributed by atoms with Gasteiger partial charge in [0.15, 0.2) is 5.85 Å². The number of hydrogen-bond acceptors (Lipinski definition) is 4. The first-order valence-corrected chi connectivity index (χ1v) is 10.4. The molecule has 0 saturated heterocycles. The Morgan fingerprint density at radius 3 is 1.67 bits per heavy atom. The fourth-order valence-electron chi connectivity index (χ4n) is 2.58. The van der Waals surface area contributed by atoms with Gasteiger partial charge in [-0.2, -0.15) is 0 Å². The van der Waals surface area contributed by atoms with Crippen LogP contribution in [0.3, 0.4) is 0 Å². The van der Waals surface area contributed by atoms with E-state index in [-0.39, 0.29) is 13.2 Å². The lowest BCUT2D eigenvalue weighted by molar-refractivity contribution is 0.133. The maximum atomic E-state index is 13.5. The summed E-state index contributed by atoms with van der Waals surface area (Å²) in [6, 6.07) is 26.0. The highest BCUT2D eigenvalue weighted by molar-refractivity contribution is 7.54. The van der Waals surface area contributed by atoms with Crippen LogP contribution in [0.15, 0.2) is 84.9 Å². The molecular formula is C22H23O4P. The van der Waals surface area contributed by atoms with Crippen LogP contribution < -0.4 is 0 Å². The minimum absolute atomic E-state index is 0.0931. The lowest BCUT2D eigenvalue weighted by atomic mass is 10.2. The van der Waals surface area contributed by atoms with Crippen molar-refractivity contribution in [3.8, 4) is 0 Å². The van der Waals surface area contributed by atoms with Crippen molar-refractivity contribution in [1.29, 1.82) is 0 Å². The Hall–Kier alpha value is -2.23. The molecule has 0 heterocycles. The van der Waals surface area contributed by atoms with Crippen molar-refractivity contribution in [3.63, 3.8) is 0 Å². The molecule has 0 amide bonds. The lowest BCUT2D eigenvalue weighted by Crippen LogP contribution is -2.07. The SMILES string of the molecule is Cc1ccc([C@@H](O)P(=O)(OCc2ccccc2)OCc2ccccc2)cc1. The fraction of sp³-hybridized carbons (Fsp3) is 0.182. The zero-order chi connectivity index (χ0) is 19.1. The molecule has 0 aliphatic carbocycles. The Labute approximate surface area is 159 Å². The molecule has 0 spiro atoms. The second-order valence-corrected chi connectivity index (χ2v) is 8.43. The molecule has 0 radical (unpaired) electrons. The van der Waals surface area contributed by atoms with Crippen LogP contribution in [-0.4, -0.2) is 5.11 Å². The van der Waals surface area contributed by atoms with E-state index in [9.17, 15) is 9.67 Å². The molecule has 1 atom stereocenters. The first kappa shape index (κ1) is 19.5. The van der Waals surface area contributed by atoms with Crippen LogP contribution in [0.2, 0.25) is 0 Å². The van der Waals surface area contributed by atoms with Crippen molar-refractivity contribution < 1.29 is 18.7 Å². The normalized spacial score (nSPS) is 12.7. The molecule has 4 nitrogen and oxygen atoms in total. The number of aliphatic hydroxyl groups excluding tert-OH is 1. The zero-order valence-electron chi connectivity index (χ0n) is 15.2. The van der Waals surface area contributed by atoms with E-state index in [2.05, 4.69) is 0 Å². The van der Waals surface area contributed by atoms with Crippen molar-refractivity contribution in [2.45, 2.75) is 26.0 Å². The Kier molecular flexibility index (Phi) is 6.59. The number of hydrogen-bond donors (Lipinski definition) is 1. The molecule has 3 rings (SSSR count). The van der Waals surface area contributed by atoms with Gasteiger partial charge in [-0.3, -0.25) is 4.57 Å². The van der Waals surface area contributed by atoms with Crippen molar-refractivity contribution >= 4 is 7.60 Å². The Morgan fingerprint density at radius 2 is 1.22 bits per heavy atom. The summed E-state index contributed by atoms with van der Waals surface area (Å²) in [7, 11) is -3.82. The molecule has 3 aromatic rings. The molecule has 3 aromatic carbocycles. The summed E-state index contributed by atoms with van der Waals surface area (Å²) >= 11 is 0. The van der Waals surface area contributed by atoms with E-state index in [0.29, 0.717) is 5.56 Å². The van der Waals surface area contributed by atoms with Gasteiger partial charge < -0.3 is 14.2 Å². The fourth-order valence-corrected chi connectivity index (χ4v) is 4.13. The second-order valence-electron chi connectivity index (χ2n) is 6.34. The second kappa shape index (κ2) is 9.12. The van der Waals surface area contributed by atoms with Gasteiger partial charge in [0.1, 0.15) is 0 Å². The predicted molar refractivity (Wildman–Crippen MR) is 106 cm³/mol. The molecule has 0 unspecified atom stereocenters. The first-order valence-electron chi connectivity index (χ1n) is 8.78. The Morgan fingerprint density at radius 1 is 0.778 bits per heavy atom. The Bertz CT molecular complexity index is 832. The summed E-state index contributed by atoms with van der Waals surface area (Å²) in [6.45, 7) is 2.14. The number of aryl methyl sites for hydroxylation is 1. The predicted octanol–water partition coefficient (Wildman–Crippen LogP) is 5.61. The van der Waals surface area contributed by atoms with E-state index in [1.807, 2.05) is 79.7 Å². The van der Waals surface area contributed by atoms with Gasteiger partial charge >= 0.3 is 7.60 Å². The van der Waals surface area contributed by atoms with Crippen molar-refractivity contribution in [2.75, 3.05) is 0 Å². The van der Waals surface area contributed by atoms with E-state index >= 15 is 0 Å². The average molecular weight is 382 g/mol. The van der Waals surface area contributed by atoms with Crippen LogP contribution >= 0.6 is 7.60 Å². The summed E-state index contributed by atoms with van der Waals surface area (Å²) in [4.78, 5) is 0. The molecule has 0 bridgehead atoms. The van der Waals surface area contributed by atoms with Crippen LogP contribution in [0.5, 0.6) is 0 Å². The lowest BCUT2D eigenvalue weighted by Gasteiger charge is -2.24. The van der Waals surface area contributed by atoms with Gasteiger partial charge in [-0.05, 0) is 23.6 Å². The van der Waals surface area contributed by atoms with E-state index in [1.54, 1.807) is 12.1 Å². The number of aliphatic hydroxyl groups is 1. The third-order valence-corrected chi connectivity index (χ3v) is 6.06. The van der Waals surface area contributed by atoms with Gasteiger partial charge in [-0.15, -0.1) is 0 Å². The Balaban J connectivity index is 1.80. The van der Waals surface area contributed by atoms with E-state index in [0.717, 1.165) is 16.7 Å². The summed E-state index contributed by atoms with van der Waals surface area (Å²) in [5.74, 6) is -1.36. The topological polar surface area (TPSA) is 55.8 Å². The number of rotatable bonds is 8. The van der Waals surface area contributed by atoms with Crippen molar-refractivity contribution in [2.24, 2.45) is 0 Å². The maximum Gasteiger partial charge on any atom is 0.364 e. The molecule has 140 valence electrons. The van der Waals surface area contributed by atoms with Crippen LogP contribution in [0.25, 0.3) is 0 Å². The molecule has 27 heavy (non-hydrogen) atoms. The van der Waals surface area contributed by atoms with Gasteiger partial charge in [0, 0.05) is 0 Å². The van der Waals surface area contributed by atoms with Gasteiger partial charge in [0.25, 0.3) is 0 Å². The minimum Gasteiger partial charge on any atom is -0.376 e. The van der Waals surface area contributed by atoms with Gasteiger partial charge in [-0.25, -0.2) is 0 Å². The monoisotopic (exact) mass is 382 g/mol. The summed E-state index contributed by atoms with van der Waals surface area (Å²) in [6.07, 6.45) is 0. The molecule has 0 aliphatic rings. The van der Waals surface area contributed by atoms with Crippen LogP contribution in [0.1, 0.15) is 28.1 Å². The highest BCUT2D eigenvalue weighted by atomic mass is 31.2. The van der Waals surface area contributed by atoms with E-state index < -0.39 is 13.4 Å². The summed E-state index contributed by atoms with van der Waals surface area (Å²) in [5, 5.41) is 10.8. The average Bonchev–Trinajstić information content (AvgIpc) is 2.72. The van der Waals surface area contributed by atoms with Gasteiger partial charge in [0.05, 0.1) is 13.2 Å². The smallest absolute Gasteiger partial charge is 0.364 e. The van der Waals surface area contributed by atoms with Gasteiger partial charge in [-0.1, -0.05) is 90.5 Å². The molecule has 1 N–H and O–H groups in total. The standard InChI is InChI=1S/C22H23O4P/c1-18-12-14-21(15-13-18)22(23)27(24,25-16-19-8-4-2-5-9-19)26-17-20-10-6-3-7-11-20/h2-15,22-23H,16-17H2,1H3/t22-/m0/s1. The van der Waals surface area contributed by atoms with Crippen LogP contribution in [0.4, 0.5) is 0 Å². The van der Waals surface area contributed by atoms with Crippen molar-refractivity contribution in [1.82, 2.24) is 0 Å². The van der Waals surface area contributed by atoms with Crippen molar-refractivity contribution in [3.05, 3.63) is 107 Å². The molecule has 0 saturated carbocycles.